The number of amides is 1. The third-order valence-electron chi connectivity index (χ3n) is 2.31. The minimum Gasteiger partial charge on any atom is -0.369 e. The van der Waals surface area contributed by atoms with Crippen LogP contribution >= 0.6 is 0 Å². The van der Waals surface area contributed by atoms with Crippen molar-refractivity contribution in [3.05, 3.63) is 0 Å². The van der Waals surface area contributed by atoms with E-state index in [9.17, 15) is 22.0 Å². The second-order valence-electron chi connectivity index (χ2n) is 3.46. The van der Waals surface area contributed by atoms with Crippen LogP contribution in [-0.2, 0) is 14.8 Å². The molecule has 3 N–H and O–H groups in total. The molecule has 0 aromatic carbocycles. The third kappa shape index (κ3) is 2.86. The van der Waals surface area contributed by atoms with Gasteiger partial charge in [-0.2, -0.15) is 13.1 Å². The predicted molar refractivity (Wildman–Crippen MR) is 52.1 cm³/mol. The lowest BCUT2D eigenvalue weighted by atomic mass is 10.2. The monoisotopic (exact) mass is 257 g/mol. The first-order valence-corrected chi connectivity index (χ1v) is 6.14. The fourth-order valence-electron chi connectivity index (χ4n) is 1.57. The molecule has 6 nitrogen and oxygen atoms in total. The van der Waals surface area contributed by atoms with Crippen LogP contribution in [0.15, 0.2) is 0 Å². The highest BCUT2D eigenvalue weighted by Gasteiger charge is 2.38. The summed E-state index contributed by atoms with van der Waals surface area (Å²) in [4.78, 5) is 10.7. The zero-order valence-electron chi connectivity index (χ0n) is 8.40. The zero-order valence-corrected chi connectivity index (χ0v) is 9.21. The Kier molecular flexibility index (Phi) is 4.16. The van der Waals surface area contributed by atoms with Crippen molar-refractivity contribution in [1.82, 2.24) is 9.62 Å². The summed E-state index contributed by atoms with van der Waals surface area (Å²) in [6, 6.07) is -0.633. The molecule has 1 rings (SSSR count). The Morgan fingerprint density at radius 1 is 1.56 bits per heavy atom. The quantitative estimate of drug-likeness (QED) is 0.639. The van der Waals surface area contributed by atoms with Gasteiger partial charge in [-0.1, -0.05) is 0 Å². The van der Waals surface area contributed by atoms with Gasteiger partial charge in [0.1, 0.15) is 0 Å². The fourth-order valence-corrected chi connectivity index (χ4v) is 2.68. The van der Waals surface area contributed by atoms with Gasteiger partial charge in [-0.25, -0.2) is 8.42 Å². The topological polar surface area (TPSA) is 92.5 Å². The Labute approximate surface area is 91.8 Å². The molecule has 1 heterocycles. The largest absolute Gasteiger partial charge is 0.369 e. The maximum atomic E-state index is 12.4. The van der Waals surface area contributed by atoms with E-state index in [-0.39, 0.29) is 6.54 Å². The second kappa shape index (κ2) is 5.02. The zero-order chi connectivity index (χ0) is 12.3. The molecule has 1 atom stereocenters. The van der Waals surface area contributed by atoms with E-state index in [1.807, 2.05) is 0 Å². The Bertz CT molecular complexity index is 354. The van der Waals surface area contributed by atoms with Crippen LogP contribution in [0, 0.1) is 0 Å². The van der Waals surface area contributed by atoms with Crippen LogP contribution in [-0.4, -0.2) is 50.1 Å². The van der Waals surface area contributed by atoms with Gasteiger partial charge in [-0.05, 0) is 13.0 Å². The predicted octanol–water partition coefficient (Wildman–Crippen LogP) is -1.31. The van der Waals surface area contributed by atoms with Crippen LogP contribution in [0.3, 0.4) is 0 Å². The average Bonchev–Trinajstić information content (AvgIpc) is 2.65. The summed E-state index contributed by atoms with van der Waals surface area (Å²) in [5.74, 6) is -4.48. The molecule has 0 radical (unpaired) electrons. The molecule has 1 saturated heterocycles. The molecule has 0 saturated carbocycles. The van der Waals surface area contributed by atoms with Gasteiger partial charge in [0.2, 0.25) is 5.91 Å². The fraction of sp³-hybridized carbons (Fsp3) is 0.857. The summed E-state index contributed by atoms with van der Waals surface area (Å²) in [6.45, 7) is 0.0664. The summed E-state index contributed by atoms with van der Waals surface area (Å²) in [6.07, 6.45) is 0.388. The van der Waals surface area contributed by atoms with E-state index >= 15 is 0 Å². The number of nitrogens with two attached hydrogens (primary N) is 1. The highest BCUT2D eigenvalue weighted by molar-refractivity contribution is 7.89. The van der Waals surface area contributed by atoms with E-state index < -0.39 is 34.3 Å². The smallest absolute Gasteiger partial charge is 0.350 e. The summed E-state index contributed by atoms with van der Waals surface area (Å²) in [7, 11) is -4.76. The van der Waals surface area contributed by atoms with Gasteiger partial charge in [0.05, 0.1) is 6.54 Å². The van der Waals surface area contributed by atoms with Crippen LogP contribution in [0.1, 0.15) is 6.42 Å². The van der Waals surface area contributed by atoms with Crippen LogP contribution in [0.2, 0.25) is 0 Å². The standard InChI is InChI=1S/C7H13F2N3O3S/c8-7(9)16(14,15)12(4-6(10)13)5-1-2-11-3-5/h5,7,11H,1-4H2,(H2,10,13). The summed E-state index contributed by atoms with van der Waals surface area (Å²) >= 11 is 0. The molecule has 0 aliphatic carbocycles. The lowest BCUT2D eigenvalue weighted by Crippen LogP contribution is -2.48. The summed E-state index contributed by atoms with van der Waals surface area (Å²) < 4.78 is 47.8. The number of nitrogens with one attached hydrogen (secondary N) is 1. The van der Waals surface area contributed by atoms with Gasteiger partial charge >= 0.3 is 5.76 Å². The number of alkyl halides is 2. The van der Waals surface area contributed by atoms with Crippen molar-refractivity contribution in [3.8, 4) is 0 Å². The van der Waals surface area contributed by atoms with Gasteiger partial charge < -0.3 is 11.1 Å². The van der Waals surface area contributed by atoms with E-state index in [2.05, 4.69) is 5.32 Å². The van der Waals surface area contributed by atoms with Crippen molar-refractivity contribution in [2.24, 2.45) is 5.73 Å². The SMILES string of the molecule is NC(=O)CN(C1CCNC1)S(=O)(=O)C(F)F. The first-order valence-electron chi connectivity index (χ1n) is 4.63. The van der Waals surface area contributed by atoms with Crippen molar-refractivity contribution >= 4 is 15.9 Å². The van der Waals surface area contributed by atoms with Crippen molar-refractivity contribution < 1.29 is 22.0 Å². The molecule has 94 valence electrons. The molecule has 0 aromatic heterocycles. The van der Waals surface area contributed by atoms with Gasteiger partial charge in [0.25, 0.3) is 10.0 Å². The molecule has 0 aromatic rings. The van der Waals surface area contributed by atoms with Crippen molar-refractivity contribution in [2.45, 2.75) is 18.2 Å². The van der Waals surface area contributed by atoms with Crippen LogP contribution in [0.5, 0.6) is 0 Å². The minimum absolute atomic E-state index is 0.249. The molecule has 9 heteroatoms. The molecule has 1 amide bonds. The normalized spacial score (nSPS) is 21.9. The number of carbonyl (C=O) groups excluding carboxylic acids is 1. The first-order chi connectivity index (χ1) is 7.35. The average molecular weight is 257 g/mol. The van der Waals surface area contributed by atoms with Gasteiger partial charge in [0.15, 0.2) is 0 Å². The van der Waals surface area contributed by atoms with Crippen molar-refractivity contribution in [2.75, 3.05) is 19.6 Å². The van der Waals surface area contributed by atoms with E-state index in [4.69, 9.17) is 5.73 Å². The van der Waals surface area contributed by atoms with Gasteiger partial charge in [-0.15, -0.1) is 0 Å². The van der Waals surface area contributed by atoms with Gasteiger partial charge in [0, 0.05) is 12.6 Å². The molecular weight excluding hydrogens is 244 g/mol. The molecule has 1 unspecified atom stereocenters. The molecule has 0 bridgehead atoms. The second-order valence-corrected chi connectivity index (χ2v) is 5.32. The number of hydrogen-bond donors (Lipinski definition) is 2. The molecular formula is C7H13F2N3O3S. The van der Waals surface area contributed by atoms with Crippen molar-refractivity contribution in [1.29, 1.82) is 0 Å². The molecule has 16 heavy (non-hydrogen) atoms. The maximum Gasteiger partial charge on any atom is 0.350 e. The number of halogens is 2. The van der Waals surface area contributed by atoms with Crippen LogP contribution < -0.4 is 11.1 Å². The van der Waals surface area contributed by atoms with Crippen molar-refractivity contribution in [3.63, 3.8) is 0 Å². The molecule has 1 fully saturated rings. The van der Waals surface area contributed by atoms with Gasteiger partial charge in [-0.3, -0.25) is 4.79 Å². The lowest BCUT2D eigenvalue weighted by molar-refractivity contribution is -0.118. The Balaban J connectivity index is 2.90. The Morgan fingerprint density at radius 3 is 2.56 bits per heavy atom. The maximum absolute atomic E-state index is 12.4. The molecule has 0 spiro atoms. The van der Waals surface area contributed by atoms with E-state index in [0.717, 1.165) is 0 Å². The number of rotatable bonds is 5. The number of sulfonamides is 1. The molecule has 1 aliphatic rings. The van der Waals surface area contributed by atoms with E-state index in [1.165, 1.54) is 0 Å². The van der Waals surface area contributed by atoms with E-state index in [0.29, 0.717) is 17.3 Å². The number of hydrogen-bond acceptors (Lipinski definition) is 4. The van der Waals surface area contributed by atoms with Crippen LogP contribution in [0.25, 0.3) is 0 Å². The number of carbonyl (C=O) groups is 1. The minimum atomic E-state index is -4.76. The van der Waals surface area contributed by atoms with Crippen LogP contribution in [0.4, 0.5) is 8.78 Å². The number of primary amides is 1. The third-order valence-corrected chi connectivity index (χ3v) is 3.84. The highest BCUT2D eigenvalue weighted by atomic mass is 32.2. The van der Waals surface area contributed by atoms with E-state index in [1.54, 1.807) is 0 Å². The highest BCUT2D eigenvalue weighted by Crippen LogP contribution is 2.18. The summed E-state index contributed by atoms with van der Waals surface area (Å²) in [5.41, 5.74) is 4.85. The first kappa shape index (κ1) is 13.3. The molecule has 1 aliphatic heterocycles. The Morgan fingerprint density at radius 2 is 2.19 bits per heavy atom. The lowest BCUT2D eigenvalue weighted by Gasteiger charge is -2.25. The summed E-state index contributed by atoms with van der Waals surface area (Å²) in [5, 5.41) is 2.83. The number of nitrogens with zero attached hydrogens (tertiary/aromatic N) is 1. The Hall–Kier alpha value is -0.800.